The van der Waals surface area contributed by atoms with Crippen molar-refractivity contribution in [1.29, 1.82) is 0 Å². The summed E-state index contributed by atoms with van der Waals surface area (Å²) in [6, 6.07) is 0. The molecule has 1 aromatic heterocycles. The number of hydrogen-bond acceptors (Lipinski definition) is 2. The van der Waals surface area contributed by atoms with Crippen LogP contribution in [0, 0.1) is 13.8 Å². The van der Waals surface area contributed by atoms with E-state index in [-0.39, 0.29) is 22.8 Å². The van der Waals surface area contributed by atoms with E-state index in [1.54, 1.807) is 12.4 Å². The number of pyridine rings is 1. The van der Waals surface area contributed by atoms with Crippen LogP contribution in [0.25, 0.3) is 0 Å². The third-order valence-corrected chi connectivity index (χ3v) is 2.23. The summed E-state index contributed by atoms with van der Waals surface area (Å²) in [5.74, 6) is 0.118. The summed E-state index contributed by atoms with van der Waals surface area (Å²) in [6.45, 7) is 3.80. The molecule has 13 heavy (non-hydrogen) atoms. The summed E-state index contributed by atoms with van der Waals surface area (Å²) in [6.07, 6.45) is 3.42. The summed E-state index contributed by atoms with van der Waals surface area (Å²) < 4.78 is 0. The van der Waals surface area contributed by atoms with E-state index < -0.39 is 0 Å². The largest absolute Gasteiger partial charge is 0.293 e. The van der Waals surface area contributed by atoms with Crippen LogP contribution in [0.4, 0.5) is 0 Å². The van der Waals surface area contributed by atoms with Crippen LogP contribution in [0.15, 0.2) is 12.4 Å². The van der Waals surface area contributed by atoms with Crippen molar-refractivity contribution in [3.05, 3.63) is 29.1 Å². The molecule has 1 rings (SSSR count). The fraction of sp³-hybridized carbons (Fsp3) is 0.333. The van der Waals surface area contributed by atoms with Crippen molar-refractivity contribution >= 4 is 38.7 Å². The van der Waals surface area contributed by atoms with Crippen LogP contribution in [-0.4, -0.2) is 16.1 Å². The third kappa shape index (κ3) is 2.88. The van der Waals surface area contributed by atoms with Gasteiger partial charge in [-0.2, -0.15) is 0 Å². The van der Waals surface area contributed by atoms with E-state index in [9.17, 15) is 4.79 Å². The molecule has 0 aliphatic carbocycles. The molecule has 4 heteroatoms. The average Bonchev–Trinajstić information content (AvgIpc) is 2.03. The maximum absolute atomic E-state index is 11.4. The molecular weight excluding hydrogens is 298 g/mol. The van der Waals surface area contributed by atoms with Gasteiger partial charge in [0, 0.05) is 18.0 Å². The quantitative estimate of drug-likeness (QED) is 0.621. The number of alkyl halides is 1. The van der Waals surface area contributed by atoms with Gasteiger partial charge in [0.25, 0.3) is 0 Å². The van der Waals surface area contributed by atoms with Crippen molar-refractivity contribution in [2.75, 3.05) is 5.33 Å². The topological polar surface area (TPSA) is 30.0 Å². The monoisotopic (exact) mass is 307 g/mol. The molecular formula is C9H11Br2NO. The summed E-state index contributed by atoms with van der Waals surface area (Å²) in [4.78, 5) is 15.4. The van der Waals surface area contributed by atoms with Gasteiger partial charge in [0.2, 0.25) is 0 Å². The normalized spacial score (nSPS) is 9.15. The van der Waals surface area contributed by atoms with Crippen LogP contribution in [0.2, 0.25) is 0 Å². The highest BCUT2D eigenvalue weighted by Crippen LogP contribution is 2.12. The standard InChI is InChI=1S/C9H10BrNO.BrH/c1-6-4-11-5-7(2)9(6)8(12)3-10;/h4-5H,3H2,1-2H3;1H. The lowest BCUT2D eigenvalue weighted by Crippen LogP contribution is -2.05. The van der Waals surface area contributed by atoms with E-state index in [1.165, 1.54) is 0 Å². The first-order valence-electron chi connectivity index (χ1n) is 3.67. The van der Waals surface area contributed by atoms with Gasteiger partial charge in [0.05, 0.1) is 5.33 Å². The number of rotatable bonds is 2. The van der Waals surface area contributed by atoms with Gasteiger partial charge in [0.1, 0.15) is 0 Å². The van der Waals surface area contributed by atoms with Gasteiger partial charge in [0.15, 0.2) is 5.78 Å². The second kappa shape index (κ2) is 5.50. The minimum absolute atomic E-state index is 0. The fourth-order valence-electron chi connectivity index (χ4n) is 1.21. The molecule has 0 aliphatic heterocycles. The number of nitrogens with zero attached hydrogens (tertiary/aromatic N) is 1. The van der Waals surface area contributed by atoms with E-state index in [2.05, 4.69) is 20.9 Å². The smallest absolute Gasteiger partial charge is 0.174 e. The van der Waals surface area contributed by atoms with Crippen molar-refractivity contribution in [2.24, 2.45) is 0 Å². The van der Waals surface area contributed by atoms with Crippen LogP contribution >= 0.6 is 32.9 Å². The van der Waals surface area contributed by atoms with Crippen molar-refractivity contribution in [3.63, 3.8) is 0 Å². The highest BCUT2D eigenvalue weighted by atomic mass is 79.9. The summed E-state index contributed by atoms with van der Waals surface area (Å²) in [5.41, 5.74) is 2.68. The molecule has 72 valence electrons. The number of ketones is 1. The summed E-state index contributed by atoms with van der Waals surface area (Å²) >= 11 is 3.15. The molecule has 0 bridgehead atoms. The van der Waals surface area contributed by atoms with Crippen LogP contribution < -0.4 is 0 Å². The van der Waals surface area contributed by atoms with Gasteiger partial charge >= 0.3 is 0 Å². The van der Waals surface area contributed by atoms with Crippen molar-refractivity contribution < 1.29 is 4.79 Å². The maximum atomic E-state index is 11.4. The SMILES string of the molecule is Br.Cc1cncc(C)c1C(=O)CBr. The molecule has 0 radical (unpaired) electrons. The second-order valence-corrected chi connectivity index (χ2v) is 3.27. The molecule has 0 aliphatic rings. The first kappa shape index (κ1) is 12.8. The Hall–Kier alpha value is -0.220. The predicted octanol–water partition coefficient (Wildman–Crippen LogP) is 2.85. The predicted molar refractivity (Wildman–Crippen MR) is 62.2 cm³/mol. The maximum Gasteiger partial charge on any atom is 0.174 e. The van der Waals surface area contributed by atoms with Crippen LogP contribution in [0.3, 0.4) is 0 Å². The number of aromatic nitrogens is 1. The zero-order chi connectivity index (χ0) is 9.14. The van der Waals surface area contributed by atoms with E-state index in [0.717, 1.165) is 16.7 Å². The first-order valence-corrected chi connectivity index (χ1v) is 4.79. The Morgan fingerprint density at radius 3 is 2.23 bits per heavy atom. The van der Waals surface area contributed by atoms with Crippen LogP contribution in [-0.2, 0) is 0 Å². The zero-order valence-corrected chi connectivity index (χ0v) is 10.8. The molecule has 0 atom stereocenters. The van der Waals surface area contributed by atoms with E-state index >= 15 is 0 Å². The van der Waals surface area contributed by atoms with Crippen molar-refractivity contribution in [2.45, 2.75) is 13.8 Å². The molecule has 0 fully saturated rings. The van der Waals surface area contributed by atoms with Crippen LogP contribution in [0.5, 0.6) is 0 Å². The zero-order valence-electron chi connectivity index (χ0n) is 7.50. The minimum atomic E-state index is 0. The van der Waals surface area contributed by atoms with E-state index in [4.69, 9.17) is 0 Å². The lowest BCUT2D eigenvalue weighted by molar-refractivity contribution is 0.102. The molecule has 0 saturated carbocycles. The average molecular weight is 309 g/mol. The van der Waals surface area contributed by atoms with Gasteiger partial charge < -0.3 is 0 Å². The Balaban J connectivity index is 0.00000144. The van der Waals surface area contributed by atoms with E-state index in [1.807, 2.05) is 13.8 Å². The molecule has 0 saturated heterocycles. The molecule has 0 spiro atoms. The van der Waals surface area contributed by atoms with Crippen molar-refractivity contribution in [1.82, 2.24) is 4.98 Å². The molecule has 0 aromatic carbocycles. The Morgan fingerprint density at radius 2 is 1.85 bits per heavy atom. The second-order valence-electron chi connectivity index (χ2n) is 2.71. The Kier molecular flexibility index (Phi) is 5.40. The number of halogens is 2. The number of carbonyl (C=O) groups excluding carboxylic acids is 1. The molecule has 0 unspecified atom stereocenters. The van der Waals surface area contributed by atoms with E-state index in [0.29, 0.717) is 5.33 Å². The number of carbonyl (C=O) groups is 1. The molecule has 0 amide bonds. The number of hydrogen-bond donors (Lipinski definition) is 0. The third-order valence-electron chi connectivity index (χ3n) is 1.73. The first-order chi connectivity index (χ1) is 5.66. The van der Waals surface area contributed by atoms with Gasteiger partial charge in [-0.25, -0.2) is 0 Å². The Bertz CT molecular complexity index is 292. The Morgan fingerprint density at radius 1 is 1.38 bits per heavy atom. The molecule has 0 N–H and O–H groups in total. The Labute approximate surface area is 96.7 Å². The lowest BCUT2D eigenvalue weighted by atomic mass is 10.0. The molecule has 2 nitrogen and oxygen atoms in total. The minimum Gasteiger partial charge on any atom is -0.293 e. The van der Waals surface area contributed by atoms with Gasteiger partial charge in [-0.3, -0.25) is 9.78 Å². The highest BCUT2D eigenvalue weighted by molar-refractivity contribution is 9.09. The van der Waals surface area contributed by atoms with Gasteiger partial charge in [-0.05, 0) is 25.0 Å². The molecule has 1 aromatic rings. The summed E-state index contributed by atoms with van der Waals surface area (Å²) in [5, 5.41) is 0.374. The fourth-order valence-corrected chi connectivity index (χ4v) is 1.49. The van der Waals surface area contributed by atoms with Gasteiger partial charge in [-0.15, -0.1) is 17.0 Å². The molecule has 1 heterocycles. The summed E-state index contributed by atoms with van der Waals surface area (Å²) in [7, 11) is 0. The number of Topliss-reactive ketones (excluding diaryl/α,β-unsaturated/α-hetero) is 1. The van der Waals surface area contributed by atoms with Crippen molar-refractivity contribution in [3.8, 4) is 0 Å². The lowest BCUT2D eigenvalue weighted by Gasteiger charge is -2.04. The van der Waals surface area contributed by atoms with Crippen LogP contribution in [0.1, 0.15) is 21.5 Å². The highest BCUT2D eigenvalue weighted by Gasteiger charge is 2.09. The van der Waals surface area contributed by atoms with Gasteiger partial charge in [-0.1, -0.05) is 15.9 Å². The number of aryl methyl sites for hydroxylation is 2.